The lowest BCUT2D eigenvalue weighted by Crippen LogP contribution is -2.54. The van der Waals surface area contributed by atoms with Crippen molar-refractivity contribution in [3.05, 3.63) is 285 Å². The summed E-state index contributed by atoms with van der Waals surface area (Å²) in [6.07, 6.45) is -0.406. The molecule has 0 aliphatic rings. The van der Waals surface area contributed by atoms with Gasteiger partial charge < -0.3 is 27.9 Å². The molecule has 14 aromatic rings. The highest BCUT2D eigenvalue weighted by atomic mass is 32.2. The van der Waals surface area contributed by atoms with E-state index in [9.17, 15) is 72.4 Å². The molecular weight excluding hydrogens is 1590 g/mol. The molecule has 0 aliphatic heterocycles. The Kier molecular flexibility index (Phi) is 23.9. The molecule has 0 fully saturated rings. The molecule has 32 heteroatoms. The number of thiazole rings is 2. The summed E-state index contributed by atoms with van der Waals surface area (Å²) >= 11 is 2.51. The Morgan fingerprint density at radius 2 is 0.802 bits per heavy atom. The quantitative estimate of drug-likeness (QED) is 0.0117. The highest BCUT2D eigenvalue weighted by Crippen LogP contribution is 2.41. The summed E-state index contributed by atoms with van der Waals surface area (Å²) < 4.78 is 201. The van der Waals surface area contributed by atoms with Gasteiger partial charge in [0.1, 0.15) is 61.2 Å². The number of aromatic nitrogens is 4. The molecule has 4 heterocycles. The molecule has 0 bridgehead atoms. The Hall–Kier alpha value is -12.6. The van der Waals surface area contributed by atoms with Gasteiger partial charge in [-0.3, -0.25) is 14.3 Å². The number of benzene rings is 10. The first-order chi connectivity index (χ1) is 56.1. The highest BCUT2D eigenvalue weighted by molar-refractivity contribution is 7.98. The molecule has 0 atom stereocenters. The van der Waals surface area contributed by atoms with Crippen LogP contribution in [0.5, 0.6) is 23.0 Å². The van der Waals surface area contributed by atoms with Crippen LogP contribution in [0.25, 0.3) is 64.9 Å². The molecule has 14 rings (SSSR count). The van der Waals surface area contributed by atoms with E-state index in [1.807, 2.05) is 158 Å². The van der Waals surface area contributed by atoms with E-state index in [4.69, 9.17) is 28.9 Å². The number of nitrogens with zero attached hydrogens (tertiary/aromatic N) is 6. The fraction of sp³-hybridized carbons (Fsp3) is 0.119. The van der Waals surface area contributed by atoms with Crippen molar-refractivity contribution in [2.45, 2.75) is 48.3 Å². The number of sulfonamides is 1. The number of carbonyl (C=O) groups excluding carboxylic acids is 2. The Morgan fingerprint density at radius 3 is 1.16 bits per heavy atom. The predicted molar refractivity (Wildman–Crippen MR) is 426 cm³/mol. The minimum atomic E-state index is -5.59. The number of carbonyl (C=O) groups is 2. The van der Waals surface area contributed by atoms with Crippen LogP contribution in [-0.4, -0.2) is 80.3 Å². The van der Waals surface area contributed by atoms with Crippen molar-refractivity contribution in [1.82, 2.24) is 28.4 Å². The van der Waals surface area contributed by atoms with E-state index in [1.54, 1.807) is 48.5 Å². The number of ether oxygens (including phenoxy) is 4. The topological polar surface area (TPSA) is 212 Å². The second kappa shape index (κ2) is 34.6. The Bertz CT molecular complexity index is 6240. The first kappa shape index (κ1) is 80.0. The minimum Gasteiger partial charge on any atom is -0.497 e. The van der Waals surface area contributed by atoms with Gasteiger partial charge in [-0.05, 0) is 122 Å². The summed E-state index contributed by atoms with van der Waals surface area (Å²) in [5.74, 6) is -24.2. The van der Waals surface area contributed by atoms with E-state index in [1.165, 1.54) is 41.6 Å². The van der Waals surface area contributed by atoms with Crippen molar-refractivity contribution in [3.63, 3.8) is 0 Å². The number of nitriles is 2. The van der Waals surface area contributed by atoms with Gasteiger partial charge in [0.05, 0.1) is 58.6 Å². The number of hydrogen-bond donors (Lipinski definition) is 2. The Labute approximate surface area is 668 Å². The normalized spacial score (nSPS) is 12.0. The second-order valence-electron chi connectivity index (χ2n) is 26.1. The first-order valence-corrected chi connectivity index (χ1v) is 39.5. The van der Waals surface area contributed by atoms with Gasteiger partial charge in [-0.15, -0.1) is 22.7 Å². The summed E-state index contributed by atoms with van der Waals surface area (Å²) in [4.78, 5) is 32.9. The van der Waals surface area contributed by atoms with Crippen molar-refractivity contribution in [2.24, 2.45) is 0 Å². The van der Waals surface area contributed by atoms with Gasteiger partial charge in [0.15, 0.2) is 51.4 Å². The SMILES string of the molecule is COc1ccc2sc(/C(C#N)=c3\c4c(-c5ccc(OCCCCC(=O)NS(=O)(=O)c6c(F)c(F)c(F)c(F)c6F)cc5)n(B(c5ccccc5)c5ccccc5)/c(=C(\C#N)c5nc6cc(OC)ccc6s5)c4c(-c4ccc(OCCCCC(=O)NSc5c(F)c(F)c(F)c(F)c5F)cc4)n3B(c3ccccc3)c3ccccc3)nc2c1. The number of nitrogens with one attached hydrogen (secondary N) is 2. The Balaban J connectivity index is 0.989. The standard InChI is InChI=1S/C84H58B2F10N8O8S4/c1-109-55-37-39-61-59(43-55)99-83(113-61)57(45-97)79-65-66(78(104(79)86(51-23-11-5-12-24-51)52-25-13-6-14-26-52)48-31-35-54(36-32-48)112-42-18-16-28-64(106)102-116(107,108)82-75(95)71(91)68(88)72(92)76(82)96)80(58(46-98)84-100-60-44-56(110-2)38-40-62(60)114-84)103(85(49-19-7-3-8-20-49)50-21-9-4-10-22-50)77(65)47-29-33-53(34-30-47)111-41-17-15-27-63(105)101-115-81-73(93)69(89)67(87)70(90)74(81)94/h3-14,19-26,29-40,43-44H,15-18,27-28,41-42H2,1-2H3,(H,101,105)(H,102,106)/b79-57+,80-58+. The van der Waals surface area contributed by atoms with Gasteiger partial charge >= 0.3 is 13.7 Å². The van der Waals surface area contributed by atoms with E-state index in [2.05, 4.69) is 25.8 Å². The molecule has 0 aliphatic carbocycles. The predicted octanol–water partition coefficient (Wildman–Crippen LogP) is 14.6. The van der Waals surface area contributed by atoms with Crippen LogP contribution in [-0.2, 0) is 19.6 Å². The number of amides is 2. The van der Waals surface area contributed by atoms with Crippen LogP contribution in [0.3, 0.4) is 0 Å². The lowest BCUT2D eigenvalue weighted by molar-refractivity contribution is -0.120. The van der Waals surface area contributed by atoms with Crippen LogP contribution in [0.4, 0.5) is 43.9 Å². The first-order valence-electron chi connectivity index (χ1n) is 35.6. The van der Waals surface area contributed by atoms with Crippen LogP contribution in [0.15, 0.2) is 216 Å². The maximum Gasteiger partial charge on any atom is 0.328 e. The molecule has 582 valence electrons. The number of fused-ring (bicyclic) bond motifs is 3. The third-order valence-corrected chi connectivity index (χ3v) is 23.4. The monoisotopic (exact) mass is 1650 g/mol. The fourth-order valence-electron chi connectivity index (χ4n) is 13.7. The average Bonchev–Trinajstić information content (AvgIpc) is 1.52. The maximum atomic E-state index is 14.6. The molecule has 2 amide bonds. The van der Waals surface area contributed by atoms with Crippen LogP contribution in [0.1, 0.15) is 48.5 Å². The van der Waals surface area contributed by atoms with Crippen LogP contribution < -0.4 is 60.9 Å². The van der Waals surface area contributed by atoms with Crippen molar-refractivity contribution in [3.8, 4) is 57.7 Å². The van der Waals surface area contributed by atoms with Crippen molar-refractivity contribution in [2.75, 3.05) is 27.4 Å². The van der Waals surface area contributed by atoms with E-state index < -0.39 is 110 Å². The molecule has 0 radical (unpaired) electrons. The van der Waals surface area contributed by atoms with E-state index in [0.717, 1.165) is 21.9 Å². The number of unbranched alkanes of at least 4 members (excludes halogenated alkanes) is 2. The largest absolute Gasteiger partial charge is 0.497 e. The van der Waals surface area contributed by atoms with Gasteiger partial charge in [0.25, 0.3) is 10.0 Å². The molecule has 0 spiro atoms. The molecule has 4 aromatic heterocycles. The fourth-order valence-corrected chi connectivity index (χ4v) is 17.4. The zero-order chi connectivity index (χ0) is 81.6. The molecule has 0 unspecified atom stereocenters. The van der Waals surface area contributed by atoms with Crippen molar-refractivity contribution in [1.29, 1.82) is 10.5 Å². The van der Waals surface area contributed by atoms with E-state index >= 15 is 0 Å². The lowest BCUT2D eigenvalue weighted by Gasteiger charge is -2.24. The van der Waals surface area contributed by atoms with Crippen LogP contribution >= 0.6 is 34.6 Å². The molecule has 10 aromatic carbocycles. The highest BCUT2D eigenvalue weighted by Gasteiger charge is 2.39. The Morgan fingerprint density at radius 1 is 0.457 bits per heavy atom. The molecular formula is C84H58B2F10N8O8S4. The van der Waals surface area contributed by atoms with Crippen molar-refractivity contribution < 1.29 is 80.9 Å². The number of rotatable bonds is 28. The molecule has 2 N–H and O–H groups in total. The number of methoxy groups -OCH3 is 2. The second-order valence-corrected chi connectivity index (χ2v) is 30.6. The summed E-state index contributed by atoms with van der Waals surface area (Å²) in [5.41, 5.74) is 6.31. The average molecular weight is 1650 g/mol. The summed E-state index contributed by atoms with van der Waals surface area (Å²) in [6.45, 7) is -1.73. The summed E-state index contributed by atoms with van der Waals surface area (Å²) in [7, 11) is -2.53. The molecule has 116 heavy (non-hydrogen) atoms. The maximum absolute atomic E-state index is 14.6. The van der Waals surface area contributed by atoms with Gasteiger partial charge in [-0.25, -0.2) is 67.0 Å². The number of hydrogen-bond acceptors (Lipinski definition) is 15. The molecule has 16 nitrogen and oxygen atoms in total. The van der Waals surface area contributed by atoms with Gasteiger partial charge in [0, 0.05) is 47.1 Å². The van der Waals surface area contributed by atoms with Gasteiger partial charge in [-0.1, -0.05) is 143 Å². The minimum absolute atomic E-state index is 0.0355. The van der Waals surface area contributed by atoms with Gasteiger partial charge in [-0.2, -0.15) is 10.5 Å². The summed E-state index contributed by atoms with van der Waals surface area (Å²) in [5, 5.41) is 27.4. The molecule has 0 saturated heterocycles. The third-order valence-electron chi connectivity index (χ3n) is 19.0. The van der Waals surface area contributed by atoms with Crippen LogP contribution in [0, 0.1) is 80.8 Å². The summed E-state index contributed by atoms with van der Waals surface area (Å²) in [6, 6.07) is 69.1. The lowest BCUT2D eigenvalue weighted by atomic mass is 9.50. The van der Waals surface area contributed by atoms with Gasteiger partial charge in [0.2, 0.25) is 23.4 Å². The van der Waals surface area contributed by atoms with Crippen molar-refractivity contribution >= 4 is 134 Å². The van der Waals surface area contributed by atoms with Crippen LogP contribution in [0.2, 0.25) is 0 Å². The molecule has 0 saturated carbocycles. The van der Waals surface area contributed by atoms with E-state index in [0.29, 0.717) is 91.7 Å². The zero-order valence-electron chi connectivity index (χ0n) is 60.8. The van der Waals surface area contributed by atoms with E-state index in [-0.39, 0.29) is 74.2 Å². The third kappa shape index (κ3) is 15.9. The zero-order valence-corrected chi connectivity index (χ0v) is 64.1. The number of halogens is 10. The smallest absolute Gasteiger partial charge is 0.328 e.